The number of hydrogen-bond acceptors (Lipinski definition) is 5. The number of ether oxygens (including phenoxy) is 1. The van der Waals surface area contributed by atoms with Gasteiger partial charge in [0.05, 0.1) is 41.5 Å². The summed E-state index contributed by atoms with van der Waals surface area (Å²) in [5.74, 6) is 0.162. The first-order chi connectivity index (χ1) is 9.89. The fraction of sp³-hybridized carbons (Fsp3) is 0.625. The van der Waals surface area contributed by atoms with Gasteiger partial charge >= 0.3 is 0 Å². The largest absolute Gasteiger partial charge is 0.395 e. The fourth-order valence-electron chi connectivity index (χ4n) is 2.65. The Morgan fingerprint density at radius 1 is 1.48 bits per heavy atom. The highest BCUT2D eigenvalue weighted by Crippen LogP contribution is 2.36. The standard InChI is InChI=1S/C16H23N3O2/c1-10(2)14-12(8-17)15(18-5-6-20)11-7-16(3,4)21-9-13(11)19-14/h10,20H,5-7,9H2,1-4H3,(H,18,19). The van der Waals surface area contributed by atoms with E-state index in [4.69, 9.17) is 9.84 Å². The minimum Gasteiger partial charge on any atom is -0.395 e. The van der Waals surface area contributed by atoms with E-state index in [0.29, 0.717) is 25.1 Å². The summed E-state index contributed by atoms with van der Waals surface area (Å²) in [5.41, 5.74) is 3.88. The van der Waals surface area contributed by atoms with E-state index in [2.05, 4.69) is 16.4 Å². The second kappa shape index (κ2) is 6.00. The third kappa shape index (κ3) is 3.17. The van der Waals surface area contributed by atoms with Crippen molar-refractivity contribution in [3.63, 3.8) is 0 Å². The van der Waals surface area contributed by atoms with Crippen LogP contribution in [0.25, 0.3) is 0 Å². The second-order valence-corrected chi connectivity index (χ2v) is 6.31. The Balaban J connectivity index is 2.61. The van der Waals surface area contributed by atoms with Crippen LogP contribution in [-0.2, 0) is 17.8 Å². The summed E-state index contributed by atoms with van der Waals surface area (Å²) in [6.45, 7) is 9.03. The molecule has 0 aromatic carbocycles. The number of hydrogen-bond donors (Lipinski definition) is 2. The number of aliphatic hydroxyl groups is 1. The van der Waals surface area contributed by atoms with Crippen LogP contribution in [0.3, 0.4) is 0 Å². The van der Waals surface area contributed by atoms with Crippen molar-refractivity contribution >= 4 is 5.69 Å². The predicted octanol–water partition coefficient (Wildman–Crippen LogP) is 2.33. The van der Waals surface area contributed by atoms with Crippen LogP contribution in [0.5, 0.6) is 0 Å². The molecule has 1 aliphatic heterocycles. The van der Waals surface area contributed by atoms with Crippen molar-refractivity contribution in [2.24, 2.45) is 0 Å². The van der Waals surface area contributed by atoms with Gasteiger partial charge in [0.2, 0.25) is 0 Å². The van der Waals surface area contributed by atoms with E-state index in [9.17, 15) is 5.26 Å². The van der Waals surface area contributed by atoms with Crippen molar-refractivity contribution in [3.8, 4) is 6.07 Å². The van der Waals surface area contributed by atoms with Gasteiger partial charge in [-0.15, -0.1) is 0 Å². The molecule has 0 fully saturated rings. The van der Waals surface area contributed by atoms with Crippen LogP contribution >= 0.6 is 0 Å². The van der Waals surface area contributed by atoms with E-state index in [0.717, 1.165) is 22.6 Å². The third-order valence-electron chi connectivity index (χ3n) is 3.69. The maximum absolute atomic E-state index is 9.56. The molecule has 0 amide bonds. The van der Waals surface area contributed by atoms with Crippen molar-refractivity contribution in [3.05, 3.63) is 22.5 Å². The molecule has 0 radical (unpaired) electrons. The molecule has 5 nitrogen and oxygen atoms in total. The Labute approximate surface area is 126 Å². The van der Waals surface area contributed by atoms with E-state index in [-0.39, 0.29) is 18.1 Å². The van der Waals surface area contributed by atoms with Crippen molar-refractivity contribution in [2.45, 2.75) is 52.2 Å². The fourth-order valence-corrected chi connectivity index (χ4v) is 2.65. The van der Waals surface area contributed by atoms with Crippen molar-refractivity contribution in [1.29, 1.82) is 5.26 Å². The van der Waals surface area contributed by atoms with Crippen LogP contribution in [0.4, 0.5) is 5.69 Å². The number of nitrogens with one attached hydrogen (secondary N) is 1. The van der Waals surface area contributed by atoms with Gasteiger partial charge < -0.3 is 15.2 Å². The summed E-state index contributed by atoms with van der Waals surface area (Å²) in [4.78, 5) is 4.67. The molecule has 1 aliphatic rings. The van der Waals surface area contributed by atoms with Crippen LogP contribution in [0, 0.1) is 11.3 Å². The molecule has 0 spiro atoms. The molecular weight excluding hydrogens is 266 g/mol. The van der Waals surface area contributed by atoms with Crippen LogP contribution < -0.4 is 5.32 Å². The Hall–Kier alpha value is -1.64. The van der Waals surface area contributed by atoms with Gasteiger partial charge in [-0.1, -0.05) is 13.8 Å². The van der Waals surface area contributed by atoms with Gasteiger partial charge in [-0.3, -0.25) is 4.98 Å². The van der Waals surface area contributed by atoms with Crippen LogP contribution in [0.15, 0.2) is 0 Å². The summed E-state index contributed by atoms with van der Waals surface area (Å²) in [6.07, 6.45) is 0.705. The number of fused-ring (bicyclic) bond motifs is 1. The van der Waals surface area contributed by atoms with E-state index < -0.39 is 0 Å². The minimum atomic E-state index is -0.267. The van der Waals surface area contributed by atoms with Crippen molar-refractivity contribution in [2.75, 3.05) is 18.5 Å². The van der Waals surface area contributed by atoms with E-state index in [1.165, 1.54) is 0 Å². The first kappa shape index (κ1) is 15.7. The zero-order valence-corrected chi connectivity index (χ0v) is 13.2. The quantitative estimate of drug-likeness (QED) is 0.889. The summed E-state index contributed by atoms with van der Waals surface area (Å²) < 4.78 is 5.84. The van der Waals surface area contributed by atoms with E-state index in [1.807, 2.05) is 27.7 Å². The zero-order chi connectivity index (χ0) is 15.6. The van der Waals surface area contributed by atoms with E-state index >= 15 is 0 Å². The van der Waals surface area contributed by atoms with Crippen molar-refractivity contribution in [1.82, 2.24) is 4.98 Å². The molecule has 1 aromatic heterocycles. The first-order valence-corrected chi connectivity index (χ1v) is 7.34. The number of pyridine rings is 1. The lowest BCUT2D eigenvalue weighted by Crippen LogP contribution is -2.33. The van der Waals surface area contributed by atoms with Gasteiger partial charge in [0.1, 0.15) is 6.07 Å². The average molecular weight is 289 g/mol. The lowest BCUT2D eigenvalue weighted by molar-refractivity contribution is -0.0419. The number of anilines is 1. The highest BCUT2D eigenvalue weighted by atomic mass is 16.5. The molecule has 1 aromatic rings. The topological polar surface area (TPSA) is 78.2 Å². The number of aliphatic hydroxyl groups excluding tert-OH is 1. The van der Waals surface area contributed by atoms with Gasteiger partial charge in [-0.05, 0) is 19.8 Å². The number of aromatic nitrogens is 1. The van der Waals surface area contributed by atoms with Gasteiger partial charge in [0.15, 0.2) is 0 Å². The third-order valence-corrected chi connectivity index (χ3v) is 3.69. The smallest absolute Gasteiger partial charge is 0.103 e. The molecular formula is C16H23N3O2. The molecule has 21 heavy (non-hydrogen) atoms. The van der Waals surface area contributed by atoms with Gasteiger partial charge in [-0.25, -0.2) is 0 Å². The predicted molar refractivity (Wildman–Crippen MR) is 81.2 cm³/mol. The summed E-state index contributed by atoms with van der Waals surface area (Å²) >= 11 is 0. The van der Waals surface area contributed by atoms with E-state index in [1.54, 1.807) is 0 Å². The van der Waals surface area contributed by atoms with Gasteiger partial charge in [0.25, 0.3) is 0 Å². The number of rotatable bonds is 4. The molecule has 2 rings (SSSR count). The minimum absolute atomic E-state index is 0.0267. The summed E-state index contributed by atoms with van der Waals surface area (Å²) in [7, 11) is 0. The Morgan fingerprint density at radius 3 is 2.76 bits per heavy atom. The van der Waals surface area contributed by atoms with Crippen LogP contribution in [0.1, 0.15) is 56.1 Å². The molecule has 0 aliphatic carbocycles. The van der Waals surface area contributed by atoms with Gasteiger partial charge in [-0.2, -0.15) is 5.26 Å². The van der Waals surface area contributed by atoms with Crippen LogP contribution in [0.2, 0.25) is 0 Å². The number of nitrogens with zero attached hydrogens (tertiary/aromatic N) is 2. The van der Waals surface area contributed by atoms with Crippen molar-refractivity contribution < 1.29 is 9.84 Å². The highest BCUT2D eigenvalue weighted by Gasteiger charge is 2.31. The van der Waals surface area contributed by atoms with Gasteiger partial charge in [0, 0.05) is 18.5 Å². The van der Waals surface area contributed by atoms with Crippen LogP contribution in [-0.4, -0.2) is 28.8 Å². The normalized spacial score (nSPS) is 16.4. The summed E-state index contributed by atoms with van der Waals surface area (Å²) in [6, 6.07) is 2.28. The average Bonchev–Trinajstić information content (AvgIpc) is 2.42. The molecule has 2 N–H and O–H groups in total. The molecule has 0 saturated heterocycles. The monoisotopic (exact) mass is 289 g/mol. The first-order valence-electron chi connectivity index (χ1n) is 7.34. The number of nitriles is 1. The maximum atomic E-state index is 9.56. The molecule has 0 atom stereocenters. The highest BCUT2D eigenvalue weighted by molar-refractivity contribution is 5.66. The Morgan fingerprint density at radius 2 is 2.19 bits per heavy atom. The second-order valence-electron chi connectivity index (χ2n) is 6.31. The Kier molecular flexibility index (Phi) is 4.50. The lowest BCUT2D eigenvalue weighted by atomic mass is 9.89. The molecule has 2 heterocycles. The molecule has 0 bridgehead atoms. The SMILES string of the molecule is CC(C)c1nc2c(c(NCCO)c1C#N)CC(C)(C)OC2. The zero-order valence-electron chi connectivity index (χ0n) is 13.2. The lowest BCUT2D eigenvalue weighted by Gasteiger charge is -2.33. The molecule has 0 saturated carbocycles. The molecule has 5 heteroatoms. The Bertz CT molecular complexity index is 574. The molecule has 0 unspecified atom stereocenters. The molecule has 114 valence electrons. The maximum Gasteiger partial charge on any atom is 0.103 e. The summed E-state index contributed by atoms with van der Waals surface area (Å²) in [5, 5.41) is 21.9.